The molecule has 0 aromatic heterocycles. The van der Waals surface area contributed by atoms with Crippen LogP contribution >= 0.6 is 0 Å². The van der Waals surface area contributed by atoms with E-state index < -0.39 is 17.0 Å². The minimum atomic E-state index is -3.50. The number of hydrogen-bond acceptors (Lipinski definition) is 4. The quantitative estimate of drug-likeness (QED) is 0.600. The Hall–Kier alpha value is -2.24. The maximum Gasteiger partial charge on any atom is -0.153 e. The summed E-state index contributed by atoms with van der Waals surface area (Å²) in [6, 6.07) is 30.4. The van der Waals surface area contributed by atoms with Gasteiger partial charge in [0.05, 0.1) is 0 Å². The van der Waals surface area contributed by atoms with Crippen LogP contribution in [0.4, 0.5) is 0 Å². The van der Waals surface area contributed by atoms with E-state index in [4.69, 9.17) is 13.5 Å². The van der Waals surface area contributed by atoms with Crippen molar-refractivity contribution >= 4 is 17.6 Å². The second kappa shape index (κ2) is 12.2. The van der Waals surface area contributed by atoms with Crippen LogP contribution in [0.3, 0.4) is 0 Å². The van der Waals surface area contributed by atoms with E-state index in [1.807, 2.05) is 54.6 Å². The third kappa shape index (κ3) is 5.62. The molecule has 0 saturated heterocycles. The molecule has 0 aliphatic rings. The molecule has 0 heterocycles. The summed E-state index contributed by atoms with van der Waals surface area (Å²) in [6.07, 6.45) is 0. The zero-order chi connectivity index (χ0) is 20.1. The van der Waals surface area contributed by atoms with E-state index in [2.05, 4.69) is 36.4 Å². The monoisotopic (exact) mass is 400 g/mol. The summed E-state index contributed by atoms with van der Waals surface area (Å²) >= 11 is -3.50. The van der Waals surface area contributed by atoms with Crippen molar-refractivity contribution in [3.63, 3.8) is 0 Å². The maximum atomic E-state index is 12.0. The number of carbonyl (C=O) groups is 1. The van der Waals surface area contributed by atoms with Gasteiger partial charge in [-0.3, -0.25) is 0 Å². The normalized spacial score (nSPS) is 9.22. The summed E-state index contributed by atoms with van der Waals surface area (Å²) < 4.78 is 9.48. The molecule has 0 amide bonds. The molecule has 140 valence electrons. The summed E-state index contributed by atoms with van der Waals surface area (Å²) in [4.78, 5) is 12.0. The molecule has 0 fully saturated rings. The molecule has 27 heavy (non-hydrogen) atoms. The van der Waals surface area contributed by atoms with Gasteiger partial charge in [0.25, 0.3) is 0 Å². The third-order valence-corrected chi connectivity index (χ3v) is 10.1. The van der Waals surface area contributed by atoms with Gasteiger partial charge in [-0.15, -0.1) is 0 Å². The summed E-state index contributed by atoms with van der Waals surface area (Å²) in [7, 11) is 1.50. The van der Waals surface area contributed by atoms with Crippen LogP contribution in [-0.4, -0.2) is 20.2 Å². The molecule has 0 bridgehead atoms. The fourth-order valence-electron chi connectivity index (χ4n) is 2.91. The Labute approximate surface area is 164 Å². The maximum absolute atomic E-state index is 12.0. The van der Waals surface area contributed by atoms with E-state index in [9.17, 15) is 4.79 Å². The van der Waals surface area contributed by atoms with Crippen molar-refractivity contribution in [1.29, 1.82) is 0 Å². The minimum absolute atomic E-state index is 0.235. The van der Waals surface area contributed by atoms with Gasteiger partial charge in [0, 0.05) is 0 Å². The third-order valence-electron chi connectivity index (χ3n) is 3.84. The van der Waals surface area contributed by atoms with Crippen LogP contribution in [0.5, 0.6) is 0 Å². The molecule has 3 aromatic carbocycles. The summed E-state index contributed by atoms with van der Waals surface area (Å²) in [5.41, 5.74) is 0. The summed E-state index contributed by atoms with van der Waals surface area (Å²) in [5, 5.41) is 16.5. The molecule has 0 aliphatic carbocycles. The number of hydrogen-bond donors (Lipinski definition) is 0. The average molecular weight is 400 g/mol. The van der Waals surface area contributed by atoms with Gasteiger partial charge in [-0.1, -0.05) is 0 Å². The molecule has 5 heteroatoms. The van der Waals surface area contributed by atoms with Crippen LogP contribution < -0.4 is 21.8 Å². The van der Waals surface area contributed by atoms with Gasteiger partial charge in [0.1, 0.15) is 0 Å². The first-order valence-electron chi connectivity index (χ1n) is 8.41. The van der Waals surface area contributed by atoms with E-state index in [1.54, 1.807) is 0 Å². The van der Waals surface area contributed by atoms with Gasteiger partial charge < -0.3 is 10.2 Å². The Morgan fingerprint density at radius 2 is 0.889 bits per heavy atom. The average Bonchev–Trinajstić information content (AvgIpc) is 2.76. The largest absolute Gasteiger partial charge is 0.857 e. The standard InChI is InChI=1S/3C6H5.C2H4O2.2CH3O.Ti/c3*1-2-4-6-5-3-1;1-2(3)4;2*1-2;/h3*1-5H;1H3,(H,3,4);2*1H3;/q;;;;2*-1;+3/p-1. The van der Waals surface area contributed by atoms with Crippen molar-refractivity contribution in [2.45, 2.75) is 6.92 Å². The molecule has 0 atom stereocenters. The zero-order valence-electron chi connectivity index (χ0n) is 15.8. The van der Waals surface area contributed by atoms with Gasteiger partial charge in [-0.05, 0) is 0 Å². The number of benzene rings is 3. The fraction of sp³-hybridized carbons (Fsp3) is 0.136. The molecule has 0 unspecified atom stereocenters. The number of rotatable bonds is 4. The first-order valence-corrected chi connectivity index (χ1v) is 11.4. The van der Waals surface area contributed by atoms with Crippen molar-refractivity contribution in [2.75, 3.05) is 14.2 Å². The van der Waals surface area contributed by atoms with Crippen molar-refractivity contribution in [3.8, 4) is 0 Å². The molecule has 4 nitrogen and oxygen atoms in total. The smallest absolute Gasteiger partial charge is 0.153 e. The fourth-order valence-corrected chi connectivity index (χ4v) is 8.80. The second-order valence-electron chi connectivity index (χ2n) is 5.37. The molecule has 0 aliphatic heterocycles. The van der Waals surface area contributed by atoms with E-state index in [0.29, 0.717) is 0 Å². The topological polar surface area (TPSA) is 72.4 Å². The van der Waals surface area contributed by atoms with Crippen LogP contribution in [0.1, 0.15) is 6.92 Å². The second-order valence-corrected chi connectivity index (χ2v) is 10.5. The van der Waals surface area contributed by atoms with Crippen molar-refractivity contribution in [3.05, 3.63) is 91.0 Å². The van der Waals surface area contributed by atoms with Gasteiger partial charge >= 0.3 is 141 Å². The van der Waals surface area contributed by atoms with Crippen LogP contribution in [0.15, 0.2) is 91.0 Å². The van der Waals surface area contributed by atoms with Crippen molar-refractivity contribution in [1.82, 2.24) is 0 Å². The van der Waals surface area contributed by atoms with Gasteiger partial charge in [0.2, 0.25) is 0 Å². The van der Waals surface area contributed by atoms with E-state index >= 15 is 0 Å². The molecule has 3 rings (SSSR count). The Kier molecular flexibility index (Phi) is 10.3. The van der Waals surface area contributed by atoms with Gasteiger partial charge in [-0.25, -0.2) is 0 Å². The van der Waals surface area contributed by atoms with Crippen LogP contribution in [0, 0.1) is 0 Å². The molecule has 0 N–H and O–H groups in total. The van der Waals surface area contributed by atoms with E-state index in [-0.39, 0.29) is 5.97 Å². The van der Waals surface area contributed by atoms with Crippen molar-refractivity contribution in [2.24, 2.45) is 0 Å². The Bertz CT molecular complexity index is 681. The first kappa shape index (κ1) is 22.8. The van der Waals surface area contributed by atoms with Crippen LogP contribution in [0.2, 0.25) is 0 Å². The predicted octanol–water partition coefficient (Wildman–Crippen LogP) is 0.548. The predicted molar refractivity (Wildman–Crippen MR) is 102 cm³/mol. The molecule has 0 spiro atoms. The summed E-state index contributed by atoms with van der Waals surface area (Å²) in [6.45, 7) is 1.49. The Morgan fingerprint density at radius 1 is 0.630 bits per heavy atom. The molecular weight excluding hydrogens is 376 g/mol. The molecule has 0 saturated carbocycles. The molecular formula is C22H24O4Ti. The SMILES string of the molecule is CC(=O)[O][Ti+2]([c]1ccccc1)([c]1ccccc1)[c]1ccccc1.C[O-].C[O-]. The Balaban J connectivity index is 0.000000855. The zero-order valence-corrected chi connectivity index (χ0v) is 17.4. The summed E-state index contributed by atoms with van der Waals surface area (Å²) in [5.74, 6) is -0.235. The van der Waals surface area contributed by atoms with Gasteiger partial charge in [-0.2, -0.15) is 14.2 Å². The first-order chi connectivity index (χ1) is 13.2. The Morgan fingerprint density at radius 3 is 1.11 bits per heavy atom. The van der Waals surface area contributed by atoms with E-state index in [0.717, 1.165) is 25.8 Å². The van der Waals surface area contributed by atoms with Crippen LogP contribution in [0.25, 0.3) is 0 Å². The van der Waals surface area contributed by atoms with Crippen LogP contribution in [-0.2, 0) is 25.1 Å². The van der Waals surface area contributed by atoms with Gasteiger partial charge in [0.15, 0.2) is 0 Å². The van der Waals surface area contributed by atoms with Crippen molar-refractivity contribution < 1.29 is 35.3 Å². The van der Waals surface area contributed by atoms with E-state index in [1.165, 1.54) is 6.92 Å². The number of carbonyl (C=O) groups excluding carboxylic acids is 1. The minimum Gasteiger partial charge on any atom is -0.857 e. The molecule has 0 radical (unpaired) electrons. The molecule has 3 aromatic rings.